The quantitative estimate of drug-likeness (QED) is 0.656. The minimum atomic E-state index is -0.470. The van der Waals surface area contributed by atoms with Crippen LogP contribution in [0.2, 0.25) is 0 Å². The number of fused-ring (bicyclic) bond motifs is 1. The summed E-state index contributed by atoms with van der Waals surface area (Å²) in [5.74, 6) is 0.609. The Hall–Kier alpha value is -2.16. The van der Waals surface area contributed by atoms with Crippen molar-refractivity contribution in [2.45, 2.75) is 19.6 Å². The number of hydrogen-bond acceptors (Lipinski definition) is 4. The van der Waals surface area contributed by atoms with Crippen molar-refractivity contribution in [1.29, 1.82) is 0 Å². The lowest BCUT2D eigenvalue weighted by Crippen LogP contribution is -2.28. The Labute approximate surface area is 147 Å². The molecule has 0 spiro atoms. The van der Waals surface area contributed by atoms with E-state index in [1.807, 2.05) is 53.9 Å². The molecular formula is C16H15IN4O2. The first-order chi connectivity index (χ1) is 11.1. The summed E-state index contributed by atoms with van der Waals surface area (Å²) in [6.07, 6.45) is 3.11. The van der Waals surface area contributed by atoms with Crippen molar-refractivity contribution in [2.75, 3.05) is 0 Å². The summed E-state index contributed by atoms with van der Waals surface area (Å²) in [6.45, 7) is 2.11. The third-order valence-corrected chi connectivity index (χ3v) is 4.40. The molecule has 0 aliphatic heterocycles. The van der Waals surface area contributed by atoms with Crippen LogP contribution in [0.3, 0.4) is 0 Å². The summed E-state index contributed by atoms with van der Waals surface area (Å²) in [5, 5.41) is 2.80. The van der Waals surface area contributed by atoms with Gasteiger partial charge in [-0.25, -0.2) is 14.8 Å². The van der Waals surface area contributed by atoms with Gasteiger partial charge in [0.05, 0.1) is 11.7 Å². The van der Waals surface area contributed by atoms with Gasteiger partial charge in [-0.3, -0.25) is 4.40 Å². The predicted octanol–water partition coefficient (Wildman–Crippen LogP) is 3.32. The van der Waals surface area contributed by atoms with Gasteiger partial charge in [0.25, 0.3) is 0 Å². The molecule has 3 aromatic rings. The molecule has 1 amide bonds. The van der Waals surface area contributed by atoms with Crippen molar-refractivity contribution in [3.63, 3.8) is 0 Å². The summed E-state index contributed by atoms with van der Waals surface area (Å²) in [6, 6.07) is 11.1. The van der Waals surface area contributed by atoms with E-state index in [1.54, 1.807) is 6.20 Å². The fourth-order valence-corrected chi connectivity index (χ4v) is 3.13. The number of alkyl carbamates (subject to hydrolysis) is 1. The molecule has 118 valence electrons. The molecule has 3 rings (SSSR count). The van der Waals surface area contributed by atoms with Crippen LogP contribution in [-0.4, -0.2) is 20.5 Å². The normalized spacial score (nSPS) is 12.1. The van der Waals surface area contributed by atoms with Crippen LogP contribution in [0.4, 0.5) is 4.79 Å². The van der Waals surface area contributed by atoms with E-state index in [0.29, 0.717) is 5.78 Å². The van der Waals surface area contributed by atoms with Crippen LogP contribution in [-0.2, 0) is 11.3 Å². The molecule has 0 saturated carbocycles. The van der Waals surface area contributed by atoms with E-state index in [-0.39, 0.29) is 12.6 Å². The minimum absolute atomic E-state index is 0.239. The number of rotatable bonds is 4. The Bertz CT molecular complexity index is 819. The molecular weight excluding hydrogens is 407 g/mol. The average molecular weight is 422 g/mol. The van der Waals surface area contributed by atoms with Gasteiger partial charge in [-0.2, -0.15) is 0 Å². The monoisotopic (exact) mass is 422 g/mol. The third-order valence-electron chi connectivity index (χ3n) is 3.33. The van der Waals surface area contributed by atoms with Crippen molar-refractivity contribution in [3.8, 4) is 0 Å². The van der Waals surface area contributed by atoms with E-state index >= 15 is 0 Å². The zero-order valence-electron chi connectivity index (χ0n) is 12.4. The number of carbonyl (C=O) groups excluding carboxylic acids is 1. The SMILES string of the molecule is CC(NC(=O)OCc1ccccc1)c1nc2ncccn2c1I. The second kappa shape index (κ2) is 6.95. The molecule has 0 aliphatic rings. The lowest BCUT2D eigenvalue weighted by molar-refractivity contribution is 0.136. The van der Waals surface area contributed by atoms with Crippen LogP contribution in [0.1, 0.15) is 24.2 Å². The Balaban J connectivity index is 1.64. The van der Waals surface area contributed by atoms with Crippen LogP contribution in [0.15, 0.2) is 48.8 Å². The van der Waals surface area contributed by atoms with Gasteiger partial charge in [0.1, 0.15) is 10.3 Å². The van der Waals surface area contributed by atoms with Crippen LogP contribution in [0, 0.1) is 3.70 Å². The number of ether oxygens (including phenoxy) is 1. The number of imidazole rings is 1. The zero-order chi connectivity index (χ0) is 16.2. The molecule has 23 heavy (non-hydrogen) atoms. The maximum Gasteiger partial charge on any atom is 0.407 e. The molecule has 2 heterocycles. The van der Waals surface area contributed by atoms with Crippen molar-refractivity contribution < 1.29 is 9.53 Å². The summed E-state index contributed by atoms with van der Waals surface area (Å²) in [7, 11) is 0. The fourth-order valence-electron chi connectivity index (χ4n) is 2.16. The summed E-state index contributed by atoms with van der Waals surface area (Å²) in [4.78, 5) is 20.6. The van der Waals surface area contributed by atoms with Gasteiger partial charge in [0.15, 0.2) is 0 Å². The smallest absolute Gasteiger partial charge is 0.407 e. The average Bonchev–Trinajstić information content (AvgIpc) is 2.91. The number of carbonyl (C=O) groups is 1. The first kappa shape index (κ1) is 15.7. The molecule has 1 aromatic carbocycles. The second-order valence-electron chi connectivity index (χ2n) is 5.01. The van der Waals surface area contributed by atoms with E-state index in [1.165, 1.54) is 0 Å². The highest BCUT2D eigenvalue weighted by molar-refractivity contribution is 14.1. The summed E-state index contributed by atoms with van der Waals surface area (Å²) >= 11 is 2.19. The molecule has 6 nitrogen and oxygen atoms in total. The molecule has 1 N–H and O–H groups in total. The Morgan fingerprint density at radius 2 is 2.13 bits per heavy atom. The minimum Gasteiger partial charge on any atom is -0.445 e. The van der Waals surface area contributed by atoms with Crippen molar-refractivity contribution in [2.24, 2.45) is 0 Å². The van der Waals surface area contributed by atoms with Crippen LogP contribution in [0.25, 0.3) is 5.78 Å². The zero-order valence-corrected chi connectivity index (χ0v) is 14.6. The largest absolute Gasteiger partial charge is 0.445 e. The van der Waals surface area contributed by atoms with E-state index in [2.05, 4.69) is 37.9 Å². The van der Waals surface area contributed by atoms with Gasteiger partial charge in [0, 0.05) is 12.4 Å². The molecule has 0 radical (unpaired) electrons. The van der Waals surface area contributed by atoms with Crippen molar-refractivity contribution in [3.05, 3.63) is 63.7 Å². The van der Waals surface area contributed by atoms with Gasteiger partial charge in [0.2, 0.25) is 5.78 Å². The maximum atomic E-state index is 11.9. The van der Waals surface area contributed by atoms with Gasteiger partial charge < -0.3 is 10.1 Å². The van der Waals surface area contributed by atoms with E-state index in [4.69, 9.17) is 4.74 Å². The molecule has 0 bridgehead atoms. The Morgan fingerprint density at radius 3 is 2.87 bits per heavy atom. The molecule has 0 fully saturated rings. The first-order valence-corrected chi connectivity index (χ1v) is 8.18. The molecule has 2 aromatic heterocycles. The third kappa shape index (κ3) is 3.61. The number of nitrogens with one attached hydrogen (secondary N) is 1. The highest BCUT2D eigenvalue weighted by Crippen LogP contribution is 2.20. The first-order valence-electron chi connectivity index (χ1n) is 7.11. The lowest BCUT2D eigenvalue weighted by Gasteiger charge is -2.12. The maximum absolute atomic E-state index is 11.9. The number of amides is 1. The standard InChI is InChI=1S/C16H15IN4O2/c1-11(13-14(17)21-9-5-8-18-15(21)20-13)19-16(22)23-10-12-6-3-2-4-7-12/h2-9,11H,10H2,1H3,(H,19,22). The summed E-state index contributed by atoms with van der Waals surface area (Å²) in [5.41, 5.74) is 1.71. The van der Waals surface area contributed by atoms with Gasteiger partial charge >= 0.3 is 6.09 Å². The number of aromatic nitrogens is 3. The summed E-state index contributed by atoms with van der Waals surface area (Å²) < 4.78 is 8.03. The van der Waals surface area contributed by atoms with Crippen LogP contribution < -0.4 is 5.32 Å². The Morgan fingerprint density at radius 1 is 1.35 bits per heavy atom. The van der Waals surface area contributed by atoms with Gasteiger partial charge in [-0.1, -0.05) is 30.3 Å². The highest BCUT2D eigenvalue weighted by atomic mass is 127. The predicted molar refractivity (Wildman–Crippen MR) is 93.9 cm³/mol. The molecule has 0 aliphatic carbocycles. The topological polar surface area (TPSA) is 68.5 Å². The number of benzene rings is 1. The molecule has 7 heteroatoms. The Kier molecular flexibility index (Phi) is 4.75. The van der Waals surface area contributed by atoms with Crippen molar-refractivity contribution >= 4 is 34.5 Å². The number of nitrogens with zero attached hydrogens (tertiary/aromatic N) is 3. The van der Waals surface area contributed by atoms with E-state index < -0.39 is 6.09 Å². The van der Waals surface area contributed by atoms with E-state index in [0.717, 1.165) is 15.0 Å². The molecule has 1 unspecified atom stereocenters. The van der Waals surface area contributed by atoms with Crippen molar-refractivity contribution in [1.82, 2.24) is 19.7 Å². The van der Waals surface area contributed by atoms with Crippen LogP contribution >= 0.6 is 22.6 Å². The second-order valence-corrected chi connectivity index (χ2v) is 6.03. The van der Waals surface area contributed by atoms with Gasteiger partial charge in [-0.15, -0.1) is 0 Å². The van der Waals surface area contributed by atoms with Gasteiger partial charge in [-0.05, 0) is 41.1 Å². The highest BCUT2D eigenvalue weighted by Gasteiger charge is 2.18. The number of halogens is 1. The van der Waals surface area contributed by atoms with E-state index in [9.17, 15) is 4.79 Å². The number of hydrogen-bond donors (Lipinski definition) is 1. The fraction of sp³-hybridized carbons (Fsp3) is 0.188. The molecule has 1 atom stereocenters. The molecule has 0 saturated heterocycles. The van der Waals surface area contributed by atoms with Crippen LogP contribution in [0.5, 0.6) is 0 Å². The lowest BCUT2D eigenvalue weighted by atomic mass is 10.2.